The highest BCUT2D eigenvalue weighted by atomic mass is 35.5. The summed E-state index contributed by atoms with van der Waals surface area (Å²) < 4.78 is 17.9. The van der Waals surface area contributed by atoms with Crippen molar-refractivity contribution >= 4 is 62.8 Å². The zero-order valence-electron chi connectivity index (χ0n) is 32.4. The number of hydrogen-bond acceptors (Lipinski definition) is 11. The number of amides is 3. The molecule has 3 amide bonds. The third-order valence-corrected chi connectivity index (χ3v) is 12.4. The second-order valence-corrected chi connectivity index (χ2v) is 18.0. The van der Waals surface area contributed by atoms with Crippen LogP contribution in [0, 0.1) is 23.2 Å². The number of benzene rings is 1. The molecule has 7 rings (SSSR count). The standard InChI is InChI=1S/C40H49ClN6O8S/c1-8-22-16-40(22,36(50)51)46-34(48)28-14-24(17-47(28)35(49)33(39(4,5)6)45-38(52)55-23-12-20-11-21(20)13-23)54-30-15-26(27-18-56-37(44-27)42-19(2)3)43-32-25(30)9-10-29(53-7)31(32)41/h8-10,15,18-24,28,33H,1,11-14,16-17H2,2-7H3,(H,42,44)(H,45,52)(H,46,48)(H,50,51)/t20-,21+,22?,23?,24-,28+,33?,40-/m1/s1. The van der Waals surface area contributed by atoms with Crippen molar-refractivity contribution in [3.05, 3.63) is 41.3 Å². The van der Waals surface area contributed by atoms with Crippen LogP contribution >= 0.6 is 22.9 Å². The zero-order valence-corrected chi connectivity index (χ0v) is 34.0. The topological polar surface area (TPSA) is 181 Å². The molecule has 0 spiro atoms. The highest BCUT2D eigenvalue weighted by Crippen LogP contribution is 2.52. The van der Waals surface area contributed by atoms with Crippen LogP contribution in [-0.4, -0.2) is 93.4 Å². The van der Waals surface area contributed by atoms with E-state index in [-0.39, 0.29) is 36.6 Å². The molecular formula is C40H49ClN6O8S. The van der Waals surface area contributed by atoms with Gasteiger partial charge in [-0.2, -0.15) is 0 Å². The van der Waals surface area contributed by atoms with Crippen molar-refractivity contribution in [1.82, 2.24) is 25.5 Å². The maximum atomic E-state index is 14.7. The van der Waals surface area contributed by atoms with Gasteiger partial charge in [0.05, 0.1) is 24.9 Å². The normalized spacial score (nSPS) is 27.0. The first-order valence-corrected chi connectivity index (χ1v) is 20.3. The molecule has 1 saturated heterocycles. The number of nitrogens with one attached hydrogen (secondary N) is 3. The highest BCUT2D eigenvalue weighted by Gasteiger charge is 2.61. The van der Waals surface area contributed by atoms with Gasteiger partial charge in [-0.3, -0.25) is 9.59 Å². The van der Waals surface area contributed by atoms with E-state index in [2.05, 4.69) is 22.5 Å². The number of ether oxygens (including phenoxy) is 3. The Labute approximate surface area is 334 Å². The largest absolute Gasteiger partial charge is 0.495 e. The summed E-state index contributed by atoms with van der Waals surface area (Å²) in [6.07, 6.45) is 2.89. The fourth-order valence-corrected chi connectivity index (χ4v) is 9.18. The number of carboxylic acids is 1. The van der Waals surface area contributed by atoms with Gasteiger partial charge in [-0.25, -0.2) is 19.6 Å². The molecule has 0 radical (unpaired) electrons. The van der Waals surface area contributed by atoms with E-state index >= 15 is 0 Å². The Morgan fingerprint density at radius 2 is 1.80 bits per heavy atom. The summed E-state index contributed by atoms with van der Waals surface area (Å²) in [5, 5.41) is 22.4. The number of hydrogen-bond donors (Lipinski definition) is 4. The minimum absolute atomic E-state index is 0.0282. The number of nitrogens with zero attached hydrogens (tertiary/aromatic N) is 3. The Morgan fingerprint density at radius 3 is 2.43 bits per heavy atom. The first-order valence-electron chi connectivity index (χ1n) is 19.0. The van der Waals surface area contributed by atoms with E-state index in [1.807, 2.05) is 40.0 Å². The first-order chi connectivity index (χ1) is 26.5. The number of thiazole rings is 1. The maximum absolute atomic E-state index is 14.7. The van der Waals surface area contributed by atoms with E-state index in [1.54, 1.807) is 18.2 Å². The summed E-state index contributed by atoms with van der Waals surface area (Å²) in [5.41, 5.74) is -0.830. The Morgan fingerprint density at radius 1 is 1.07 bits per heavy atom. The van der Waals surface area contributed by atoms with Crippen LogP contribution in [-0.2, 0) is 19.1 Å². The van der Waals surface area contributed by atoms with Gasteiger partial charge in [-0.15, -0.1) is 17.9 Å². The zero-order chi connectivity index (χ0) is 40.3. The van der Waals surface area contributed by atoms with Crippen molar-refractivity contribution in [2.24, 2.45) is 23.2 Å². The number of carboxylic acid groups (broad SMARTS) is 1. The maximum Gasteiger partial charge on any atom is 0.408 e. The van der Waals surface area contributed by atoms with Crippen molar-refractivity contribution in [1.29, 1.82) is 0 Å². The molecule has 16 heteroatoms. The van der Waals surface area contributed by atoms with E-state index in [1.165, 1.54) is 35.8 Å². The number of carbonyl (C=O) groups is 4. The average molecular weight is 809 g/mol. The smallest absolute Gasteiger partial charge is 0.408 e. The quantitative estimate of drug-likeness (QED) is 0.143. The predicted octanol–water partition coefficient (Wildman–Crippen LogP) is 6.27. The minimum atomic E-state index is -1.53. The Balaban J connectivity index is 1.20. The van der Waals surface area contributed by atoms with Gasteiger partial charge in [-0.1, -0.05) is 38.4 Å². The number of halogens is 1. The molecule has 8 atom stereocenters. The number of aliphatic carboxylic acids is 1. The van der Waals surface area contributed by atoms with Crippen LogP contribution in [0.15, 0.2) is 36.2 Å². The van der Waals surface area contributed by atoms with Crippen LogP contribution in [0.5, 0.6) is 11.5 Å². The van der Waals surface area contributed by atoms with Gasteiger partial charge in [0.1, 0.15) is 52.0 Å². The SMILES string of the molecule is C=CC1C[C@]1(NC(=O)[C@@H]1C[C@@H](Oc2cc(-c3csc(NC(C)C)n3)nc3c(Cl)c(OC)ccc23)CN1C(=O)C(NC(=O)OC1C[C@@H]2C[C@@H]2C1)C(C)(C)C)C(=O)O. The van der Waals surface area contributed by atoms with E-state index in [0.717, 1.165) is 12.8 Å². The molecule has 3 aromatic rings. The van der Waals surface area contributed by atoms with Gasteiger partial charge in [-0.05, 0) is 68.9 Å². The van der Waals surface area contributed by atoms with Gasteiger partial charge >= 0.3 is 12.1 Å². The molecule has 300 valence electrons. The molecule has 3 saturated carbocycles. The first kappa shape index (κ1) is 39.6. The van der Waals surface area contributed by atoms with Crippen LogP contribution < -0.4 is 25.4 Å². The molecule has 56 heavy (non-hydrogen) atoms. The van der Waals surface area contributed by atoms with Crippen LogP contribution in [0.4, 0.5) is 9.93 Å². The highest BCUT2D eigenvalue weighted by molar-refractivity contribution is 7.14. The lowest BCUT2D eigenvalue weighted by molar-refractivity contribution is -0.146. The second kappa shape index (κ2) is 15.0. The lowest BCUT2D eigenvalue weighted by Gasteiger charge is -2.35. The third kappa shape index (κ3) is 7.84. The van der Waals surface area contributed by atoms with Gasteiger partial charge in [0.15, 0.2) is 5.13 Å². The molecule has 1 aliphatic heterocycles. The number of likely N-dealkylation sites (tertiary alicyclic amines) is 1. The van der Waals surface area contributed by atoms with E-state index in [4.69, 9.17) is 35.8 Å². The van der Waals surface area contributed by atoms with E-state index in [9.17, 15) is 24.3 Å². The molecule has 14 nitrogen and oxygen atoms in total. The molecule has 4 aliphatic rings. The minimum Gasteiger partial charge on any atom is -0.495 e. The number of carbonyl (C=O) groups excluding carboxylic acids is 3. The molecule has 4 N–H and O–H groups in total. The lowest BCUT2D eigenvalue weighted by Crippen LogP contribution is -2.59. The number of anilines is 1. The van der Waals surface area contributed by atoms with E-state index in [0.29, 0.717) is 50.8 Å². The molecule has 3 heterocycles. The van der Waals surface area contributed by atoms with Crippen molar-refractivity contribution in [3.63, 3.8) is 0 Å². The summed E-state index contributed by atoms with van der Waals surface area (Å²) in [4.78, 5) is 65.4. The molecule has 3 unspecified atom stereocenters. The summed E-state index contributed by atoms with van der Waals surface area (Å²) in [5.74, 6) is -0.804. The number of aromatic nitrogens is 2. The second-order valence-electron chi connectivity index (χ2n) is 16.8. The monoisotopic (exact) mass is 808 g/mol. The Kier molecular flexibility index (Phi) is 10.6. The third-order valence-electron chi connectivity index (χ3n) is 11.3. The van der Waals surface area contributed by atoms with E-state index < -0.39 is 58.9 Å². The number of fused-ring (bicyclic) bond motifs is 2. The van der Waals surface area contributed by atoms with Crippen LogP contribution in [0.25, 0.3) is 22.3 Å². The fourth-order valence-electron chi connectivity index (χ4n) is 8.05. The molecular weight excluding hydrogens is 760 g/mol. The van der Waals surface area contributed by atoms with Crippen LogP contribution in [0.3, 0.4) is 0 Å². The van der Waals surface area contributed by atoms with Crippen molar-refractivity contribution in [2.75, 3.05) is 19.0 Å². The molecule has 2 aromatic heterocycles. The number of alkyl carbamates (subject to hydrolysis) is 1. The Bertz CT molecular complexity index is 2060. The molecule has 1 aromatic carbocycles. The van der Waals surface area contributed by atoms with Crippen molar-refractivity contribution in [2.45, 2.75) is 103 Å². The van der Waals surface area contributed by atoms with Gasteiger partial charge in [0.25, 0.3) is 0 Å². The summed E-state index contributed by atoms with van der Waals surface area (Å²) >= 11 is 8.24. The molecule has 0 bridgehead atoms. The summed E-state index contributed by atoms with van der Waals surface area (Å²) in [7, 11) is 1.51. The number of pyridine rings is 1. The number of rotatable bonds is 13. The summed E-state index contributed by atoms with van der Waals surface area (Å²) in [6, 6.07) is 3.20. The van der Waals surface area contributed by atoms with Gasteiger partial charge in [0, 0.05) is 35.2 Å². The van der Waals surface area contributed by atoms with Crippen molar-refractivity contribution < 1.29 is 38.5 Å². The molecule has 3 aliphatic carbocycles. The van der Waals surface area contributed by atoms with Gasteiger partial charge in [0.2, 0.25) is 11.8 Å². The fraction of sp³-hybridized carbons (Fsp3) is 0.550. The van der Waals surface area contributed by atoms with Crippen LogP contribution in [0.2, 0.25) is 5.02 Å². The Hall–Kier alpha value is -4.63. The number of methoxy groups -OCH3 is 1. The summed E-state index contributed by atoms with van der Waals surface area (Å²) in [6.45, 7) is 13.2. The van der Waals surface area contributed by atoms with Gasteiger partial charge < -0.3 is 40.2 Å². The molecule has 4 fully saturated rings. The van der Waals surface area contributed by atoms with Crippen molar-refractivity contribution in [3.8, 4) is 22.9 Å². The average Bonchev–Trinajstić information content (AvgIpc) is 3.80. The predicted molar refractivity (Wildman–Crippen MR) is 212 cm³/mol. The van der Waals surface area contributed by atoms with Crippen LogP contribution in [0.1, 0.15) is 66.7 Å². The lowest BCUT2D eigenvalue weighted by atomic mass is 9.85.